The molecule has 5 nitrogen and oxygen atoms in total. The summed E-state index contributed by atoms with van der Waals surface area (Å²) in [5.41, 5.74) is 7.72. The minimum atomic E-state index is -0.694. The number of hydrogen-bond acceptors (Lipinski definition) is 2. The van der Waals surface area contributed by atoms with Crippen LogP contribution in [0.3, 0.4) is 0 Å². The molecule has 30 heavy (non-hydrogen) atoms. The average molecular weight is 440 g/mol. The van der Waals surface area contributed by atoms with Crippen LogP contribution in [0.2, 0.25) is 10.0 Å². The third kappa shape index (κ3) is 5.47. The standard InChI is InChI=1S/C23H19Cl2N3O2/c24-19-12-11-17(13-20(19)25)22(29)27-14-18(15-7-3-1-4-8-15)23(30)28-21(26)16-9-5-2-6-10-16/h1-13,18H,14H2,(H,27,29)(H2,26,28,30). The lowest BCUT2D eigenvalue weighted by atomic mass is 9.98. The number of nitrogens with zero attached hydrogens (tertiary/aromatic N) is 1. The molecule has 152 valence electrons. The van der Waals surface area contributed by atoms with Crippen molar-refractivity contribution in [3.63, 3.8) is 0 Å². The van der Waals surface area contributed by atoms with Gasteiger partial charge in [0, 0.05) is 17.7 Å². The number of carbonyl (C=O) groups is 2. The van der Waals surface area contributed by atoms with Crippen molar-refractivity contribution in [1.29, 1.82) is 0 Å². The summed E-state index contributed by atoms with van der Waals surface area (Å²) >= 11 is 11.9. The Hall–Kier alpha value is -3.15. The summed E-state index contributed by atoms with van der Waals surface area (Å²) < 4.78 is 0. The molecule has 1 unspecified atom stereocenters. The van der Waals surface area contributed by atoms with E-state index in [1.54, 1.807) is 24.3 Å². The molecule has 0 aliphatic carbocycles. The molecule has 1 atom stereocenters. The molecule has 3 rings (SSSR count). The van der Waals surface area contributed by atoms with Gasteiger partial charge in [-0.05, 0) is 23.8 Å². The molecule has 2 amide bonds. The molecule has 0 fully saturated rings. The Labute approximate surface area is 184 Å². The number of nitrogens with two attached hydrogens (primary N) is 1. The van der Waals surface area contributed by atoms with E-state index in [4.69, 9.17) is 28.9 Å². The van der Waals surface area contributed by atoms with Crippen molar-refractivity contribution in [2.75, 3.05) is 6.54 Å². The fourth-order valence-corrected chi connectivity index (χ4v) is 3.14. The minimum Gasteiger partial charge on any atom is -0.383 e. The highest BCUT2D eigenvalue weighted by Gasteiger charge is 2.22. The largest absolute Gasteiger partial charge is 0.383 e. The highest BCUT2D eigenvalue weighted by Crippen LogP contribution is 2.23. The van der Waals surface area contributed by atoms with Gasteiger partial charge in [-0.25, -0.2) is 0 Å². The molecular weight excluding hydrogens is 421 g/mol. The van der Waals surface area contributed by atoms with Crippen LogP contribution < -0.4 is 11.1 Å². The van der Waals surface area contributed by atoms with Gasteiger partial charge in [0.1, 0.15) is 5.84 Å². The fraction of sp³-hybridized carbons (Fsp3) is 0.0870. The van der Waals surface area contributed by atoms with E-state index < -0.39 is 11.8 Å². The minimum absolute atomic E-state index is 0.0491. The van der Waals surface area contributed by atoms with E-state index in [0.717, 1.165) is 5.56 Å². The van der Waals surface area contributed by atoms with E-state index in [1.807, 2.05) is 48.5 Å². The molecule has 3 N–H and O–H groups in total. The van der Waals surface area contributed by atoms with Crippen LogP contribution in [0.15, 0.2) is 83.9 Å². The molecule has 0 radical (unpaired) electrons. The number of carbonyl (C=O) groups excluding carboxylic acids is 2. The lowest BCUT2D eigenvalue weighted by Gasteiger charge is -2.15. The summed E-state index contributed by atoms with van der Waals surface area (Å²) in [7, 11) is 0. The third-order valence-electron chi connectivity index (χ3n) is 4.45. The number of halogens is 2. The number of amides is 2. The average Bonchev–Trinajstić information content (AvgIpc) is 2.77. The van der Waals surface area contributed by atoms with Gasteiger partial charge in [-0.15, -0.1) is 0 Å². The summed E-state index contributed by atoms with van der Waals surface area (Å²) in [6.45, 7) is 0.0491. The van der Waals surface area contributed by atoms with E-state index in [2.05, 4.69) is 10.3 Å². The normalized spacial score (nSPS) is 12.3. The van der Waals surface area contributed by atoms with Crippen molar-refractivity contribution in [3.8, 4) is 0 Å². The Morgan fingerprint density at radius 2 is 1.50 bits per heavy atom. The Balaban J connectivity index is 1.80. The summed E-state index contributed by atoms with van der Waals surface area (Å²) in [6, 6.07) is 22.7. The van der Waals surface area contributed by atoms with Crippen molar-refractivity contribution in [3.05, 3.63) is 106 Å². The number of benzene rings is 3. The second kappa shape index (κ2) is 10.1. The zero-order valence-electron chi connectivity index (χ0n) is 15.9. The lowest BCUT2D eigenvalue weighted by molar-refractivity contribution is -0.119. The molecule has 0 saturated carbocycles. The molecule has 0 bridgehead atoms. The highest BCUT2D eigenvalue weighted by atomic mass is 35.5. The summed E-state index contributed by atoms with van der Waals surface area (Å²) in [4.78, 5) is 29.5. The molecule has 7 heteroatoms. The van der Waals surface area contributed by atoms with Gasteiger partial charge in [-0.2, -0.15) is 4.99 Å². The van der Waals surface area contributed by atoms with E-state index in [9.17, 15) is 9.59 Å². The SMILES string of the molecule is NC(=NC(=O)C(CNC(=O)c1ccc(Cl)c(Cl)c1)c1ccccc1)c1ccccc1. The van der Waals surface area contributed by atoms with Gasteiger partial charge in [-0.3, -0.25) is 9.59 Å². The van der Waals surface area contributed by atoms with Crippen molar-refractivity contribution in [2.24, 2.45) is 10.7 Å². The van der Waals surface area contributed by atoms with Crippen molar-refractivity contribution in [1.82, 2.24) is 5.32 Å². The molecule has 0 spiro atoms. The molecule has 0 heterocycles. The lowest BCUT2D eigenvalue weighted by Crippen LogP contribution is -2.32. The maximum absolute atomic E-state index is 12.9. The monoisotopic (exact) mass is 439 g/mol. The van der Waals surface area contributed by atoms with Gasteiger partial charge in [-0.1, -0.05) is 83.9 Å². The molecule has 0 aliphatic heterocycles. The zero-order valence-corrected chi connectivity index (χ0v) is 17.4. The Kier molecular flexibility index (Phi) is 7.22. The molecule has 0 aliphatic rings. The molecule has 3 aromatic rings. The number of nitrogens with one attached hydrogen (secondary N) is 1. The first-order valence-corrected chi connectivity index (χ1v) is 9.93. The quantitative estimate of drug-likeness (QED) is 0.439. The second-order valence-corrected chi connectivity index (χ2v) is 7.32. The molecule has 0 saturated heterocycles. The van der Waals surface area contributed by atoms with Crippen LogP contribution >= 0.6 is 23.2 Å². The van der Waals surface area contributed by atoms with Gasteiger partial charge in [0.2, 0.25) is 0 Å². The first-order valence-electron chi connectivity index (χ1n) is 9.17. The van der Waals surface area contributed by atoms with Crippen LogP contribution in [0.1, 0.15) is 27.4 Å². The van der Waals surface area contributed by atoms with Crippen LogP contribution in [-0.4, -0.2) is 24.2 Å². The molecule has 0 aromatic heterocycles. The summed E-state index contributed by atoms with van der Waals surface area (Å²) in [6.07, 6.45) is 0. The highest BCUT2D eigenvalue weighted by molar-refractivity contribution is 6.42. The molecule has 3 aromatic carbocycles. The van der Waals surface area contributed by atoms with E-state index in [1.165, 1.54) is 6.07 Å². The van der Waals surface area contributed by atoms with Crippen molar-refractivity contribution < 1.29 is 9.59 Å². The van der Waals surface area contributed by atoms with E-state index in [-0.39, 0.29) is 23.3 Å². The van der Waals surface area contributed by atoms with Gasteiger partial charge in [0.05, 0.1) is 16.0 Å². The number of hydrogen-bond donors (Lipinski definition) is 2. The first kappa shape index (κ1) is 21.6. The van der Waals surface area contributed by atoms with Crippen LogP contribution in [0.25, 0.3) is 0 Å². The summed E-state index contributed by atoms with van der Waals surface area (Å²) in [5.74, 6) is -1.39. The van der Waals surface area contributed by atoms with E-state index >= 15 is 0 Å². The predicted octanol–water partition coefficient (Wildman–Crippen LogP) is 4.44. The number of rotatable bonds is 6. The summed E-state index contributed by atoms with van der Waals surface area (Å²) in [5, 5.41) is 3.40. The van der Waals surface area contributed by atoms with Crippen LogP contribution in [0, 0.1) is 0 Å². The zero-order chi connectivity index (χ0) is 21.5. The Morgan fingerprint density at radius 3 is 2.13 bits per heavy atom. The Bertz CT molecular complexity index is 1070. The van der Waals surface area contributed by atoms with Gasteiger partial charge in [0.25, 0.3) is 11.8 Å². The molecular formula is C23H19Cl2N3O2. The fourth-order valence-electron chi connectivity index (χ4n) is 2.84. The van der Waals surface area contributed by atoms with E-state index in [0.29, 0.717) is 16.1 Å². The van der Waals surface area contributed by atoms with Crippen LogP contribution in [0.4, 0.5) is 0 Å². The second-order valence-electron chi connectivity index (χ2n) is 6.50. The van der Waals surface area contributed by atoms with Crippen molar-refractivity contribution >= 4 is 40.9 Å². The topological polar surface area (TPSA) is 84.5 Å². The number of amidine groups is 1. The van der Waals surface area contributed by atoms with Gasteiger partial charge >= 0.3 is 0 Å². The maximum Gasteiger partial charge on any atom is 0.256 e. The van der Waals surface area contributed by atoms with Gasteiger partial charge < -0.3 is 11.1 Å². The van der Waals surface area contributed by atoms with Gasteiger partial charge in [0.15, 0.2) is 0 Å². The number of aliphatic imine (C=N–C) groups is 1. The van der Waals surface area contributed by atoms with Crippen LogP contribution in [0.5, 0.6) is 0 Å². The van der Waals surface area contributed by atoms with Crippen LogP contribution in [-0.2, 0) is 4.79 Å². The van der Waals surface area contributed by atoms with Crippen molar-refractivity contribution in [2.45, 2.75) is 5.92 Å². The maximum atomic E-state index is 12.9. The first-order chi connectivity index (χ1) is 14.5. The third-order valence-corrected chi connectivity index (χ3v) is 5.19. The predicted molar refractivity (Wildman–Crippen MR) is 120 cm³/mol. The smallest absolute Gasteiger partial charge is 0.256 e. The Morgan fingerprint density at radius 1 is 0.867 bits per heavy atom.